The van der Waals surface area contributed by atoms with E-state index in [1.165, 1.54) is 57.6 Å². The standard InChI is InChI=1S/C25H21F7N2O/c1-14-9-18(26)5-6-19(14)20-13-33-8-7-21(20)34(4)22(35)23(2,3)15-10-16(24(27,28)29)12-17(11-15)25(30,31)32/h5-13H,1-4H3. The lowest BCUT2D eigenvalue weighted by atomic mass is 9.81. The highest BCUT2D eigenvalue weighted by molar-refractivity contribution is 6.03. The van der Waals surface area contributed by atoms with Gasteiger partial charge in [0.1, 0.15) is 5.82 Å². The van der Waals surface area contributed by atoms with Crippen molar-refractivity contribution in [1.82, 2.24) is 4.98 Å². The van der Waals surface area contributed by atoms with Gasteiger partial charge in [0.25, 0.3) is 0 Å². The van der Waals surface area contributed by atoms with Crippen LogP contribution in [0.3, 0.4) is 0 Å². The molecule has 3 nitrogen and oxygen atoms in total. The number of carbonyl (C=O) groups excluding carboxylic acids is 1. The minimum Gasteiger partial charge on any atom is -0.314 e. The second-order valence-corrected chi connectivity index (χ2v) is 8.64. The van der Waals surface area contributed by atoms with Crippen molar-refractivity contribution in [1.29, 1.82) is 0 Å². The van der Waals surface area contributed by atoms with Crippen LogP contribution in [0, 0.1) is 12.7 Å². The van der Waals surface area contributed by atoms with Gasteiger partial charge in [-0.05, 0) is 73.9 Å². The SMILES string of the molecule is Cc1cc(F)ccc1-c1cnccc1N(C)C(=O)C(C)(C)c1cc(C(F)(F)F)cc(C(F)(F)F)c1. The van der Waals surface area contributed by atoms with Crippen molar-refractivity contribution in [3.8, 4) is 11.1 Å². The van der Waals surface area contributed by atoms with Gasteiger partial charge in [-0.1, -0.05) is 6.07 Å². The molecule has 0 aliphatic carbocycles. The molecule has 0 spiro atoms. The van der Waals surface area contributed by atoms with E-state index in [-0.39, 0.29) is 6.07 Å². The molecule has 10 heteroatoms. The fraction of sp³-hybridized carbons (Fsp3) is 0.280. The van der Waals surface area contributed by atoms with Crippen molar-refractivity contribution in [2.75, 3.05) is 11.9 Å². The van der Waals surface area contributed by atoms with E-state index < -0.39 is 46.2 Å². The van der Waals surface area contributed by atoms with Crippen LogP contribution < -0.4 is 4.90 Å². The molecule has 1 heterocycles. The molecule has 186 valence electrons. The van der Waals surface area contributed by atoms with Gasteiger partial charge in [0.05, 0.1) is 22.2 Å². The van der Waals surface area contributed by atoms with E-state index in [0.29, 0.717) is 34.5 Å². The van der Waals surface area contributed by atoms with E-state index in [1.54, 1.807) is 6.92 Å². The molecule has 2 aromatic carbocycles. The first kappa shape index (κ1) is 26.2. The van der Waals surface area contributed by atoms with Crippen LogP contribution in [0.25, 0.3) is 11.1 Å². The third kappa shape index (κ3) is 5.31. The minimum absolute atomic E-state index is 0.0199. The molecule has 0 atom stereocenters. The Labute approximate surface area is 197 Å². The Kier molecular flexibility index (Phi) is 6.71. The van der Waals surface area contributed by atoms with Crippen molar-refractivity contribution in [3.05, 3.63) is 82.9 Å². The molecule has 0 radical (unpaired) electrons. The zero-order valence-electron chi connectivity index (χ0n) is 19.1. The number of halogens is 7. The fourth-order valence-electron chi connectivity index (χ4n) is 3.78. The van der Waals surface area contributed by atoms with Gasteiger partial charge in [0.15, 0.2) is 0 Å². The van der Waals surface area contributed by atoms with E-state index in [1.807, 2.05) is 0 Å². The van der Waals surface area contributed by atoms with E-state index >= 15 is 0 Å². The maximum absolute atomic E-state index is 13.6. The van der Waals surface area contributed by atoms with E-state index in [0.717, 1.165) is 4.90 Å². The van der Waals surface area contributed by atoms with Crippen LogP contribution in [0.1, 0.15) is 36.1 Å². The van der Waals surface area contributed by atoms with Gasteiger partial charge in [0.2, 0.25) is 5.91 Å². The van der Waals surface area contributed by atoms with Crippen molar-refractivity contribution in [3.63, 3.8) is 0 Å². The number of carbonyl (C=O) groups is 1. The summed E-state index contributed by atoms with van der Waals surface area (Å²) in [7, 11) is 1.36. The monoisotopic (exact) mass is 498 g/mol. The van der Waals surface area contributed by atoms with E-state index in [4.69, 9.17) is 0 Å². The number of likely N-dealkylation sites (N-methyl/N-ethyl adjacent to an activating group) is 1. The summed E-state index contributed by atoms with van der Waals surface area (Å²) in [4.78, 5) is 18.7. The van der Waals surface area contributed by atoms with Crippen LogP contribution in [-0.4, -0.2) is 17.9 Å². The van der Waals surface area contributed by atoms with Gasteiger partial charge in [-0.3, -0.25) is 9.78 Å². The number of nitrogens with zero attached hydrogens (tertiary/aromatic N) is 2. The molecule has 35 heavy (non-hydrogen) atoms. The average Bonchev–Trinajstić information content (AvgIpc) is 2.76. The Hall–Kier alpha value is -3.43. The second kappa shape index (κ2) is 8.98. The normalized spacial score (nSPS) is 12.5. The zero-order chi connectivity index (χ0) is 26.3. The molecule has 3 aromatic rings. The number of aryl methyl sites for hydroxylation is 1. The largest absolute Gasteiger partial charge is 0.416 e. The number of benzene rings is 2. The minimum atomic E-state index is -5.04. The first-order valence-corrected chi connectivity index (χ1v) is 10.3. The third-order valence-electron chi connectivity index (χ3n) is 5.79. The Morgan fingerprint density at radius 1 is 0.829 bits per heavy atom. The fourth-order valence-corrected chi connectivity index (χ4v) is 3.78. The summed E-state index contributed by atoms with van der Waals surface area (Å²) in [5.41, 5.74) is -3.36. The number of aromatic nitrogens is 1. The number of hydrogen-bond acceptors (Lipinski definition) is 2. The van der Waals surface area contributed by atoms with Crippen LogP contribution in [0.5, 0.6) is 0 Å². The summed E-state index contributed by atoms with van der Waals surface area (Å²) in [5, 5.41) is 0. The van der Waals surface area contributed by atoms with Crippen LogP contribution >= 0.6 is 0 Å². The third-order valence-corrected chi connectivity index (χ3v) is 5.79. The lowest BCUT2D eigenvalue weighted by Crippen LogP contribution is -2.42. The predicted octanol–water partition coefficient (Wildman–Crippen LogP) is 7.17. The molecular formula is C25H21F7N2O. The van der Waals surface area contributed by atoms with Crippen molar-refractivity contribution < 1.29 is 35.5 Å². The molecular weight excluding hydrogens is 477 g/mol. The summed E-state index contributed by atoms with van der Waals surface area (Å²) < 4.78 is 93.7. The number of amides is 1. The molecule has 0 bridgehead atoms. The van der Waals surface area contributed by atoms with E-state index in [9.17, 15) is 35.5 Å². The van der Waals surface area contributed by atoms with Gasteiger partial charge in [0, 0.05) is 25.0 Å². The molecule has 0 aliphatic heterocycles. The lowest BCUT2D eigenvalue weighted by molar-refractivity contribution is -0.143. The highest BCUT2D eigenvalue weighted by Gasteiger charge is 2.41. The highest BCUT2D eigenvalue weighted by atomic mass is 19.4. The Balaban J connectivity index is 2.11. The topological polar surface area (TPSA) is 33.2 Å². The molecule has 0 aliphatic rings. The summed E-state index contributed by atoms with van der Waals surface area (Å²) in [6, 6.07) is 6.63. The number of hydrogen-bond donors (Lipinski definition) is 0. The van der Waals surface area contributed by atoms with Crippen molar-refractivity contribution in [2.24, 2.45) is 0 Å². The summed E-state index contributed by atoms with van der Waals surface area (Å²) in [6.07, 6.45) is -7.25. The molecule has 0 fully saturated rings. The van der Waals surface area contributed by atoms with Gasteiger partial charge < -0.3 is 4.90 Å². The number of rotatable bonds is 4. The van der Waals surface area contributed by atoms with Gasteiger partial charge in [-0.25, -0.2) is 4.39 Å². The molecule has 3 rings (SSSR count). The number of anilines is 1. The van der Waals surface area contributed by atoms with Crippen LogP contribution in [-0.2, 0) is 22.6 Å². The smallest absolute Gasteiger partial charge is 0.314 e. The van der Waals surface area contributed by atoms with Crippen LogP contribution in [0.4, 0.5) is 36.4 Å². The van der Waals surface area contributed by atoms with Crippen LogP contribution in [0.15, 0.2) is 54.9 Å². The Morgan fingerprint density at radius 3 is 1.89 bits per heavy atom. The maximum Gasteiger partial charge on any atom is 0.416 e. The summed E-state index contributed by atoms with van der Waals surface area (Å²) >= 11 is 0. The molecule has 0 saturated heterocycles. The summed E-state index contributed by atoms with van der Waals surface area (Å²) in [6.45, 7) is 4.17. The van der Waals surface area contributed by atoms with Crippen molar-refractivity contribution in [2.45, 2.75) is 38.5 Å². The molecule has 0 unspecified atom stereocenters. The first-order valence-electron chi connectivity index (χ1n) is 10.3. The Bertz CT molecular complexity index is 1230. The molecule has 0 N–H and O–H groups in total. The second-order valence-electron chi connectivity index (χ2n) is 8.64. The number of alkyl halides is 6. The van der Waals surface area contributed by atoms with Gasteiger partial charge >= 0.3 is 12.4 Å². The molecule has 0 saturated carbocycles. The average molecular weight is 498 g/mol. The van der Waals surface area contributed by atoms with E-state index in [2.05, 4.69) is 4.98 Å². The molecule has 1 aromatic heterocycles. The number of pyridine rings is 1. The first-order chi connectivity index (χ1) is 16.0. The Morgan fingerprint density at radius 2 is 1.37 bits per heavy atom. The molecule has 1 amide bonds. The zero-order valence-corrected chi connectivity index (χ0v) is 19.1. The quantitative estimate of drug-likeness (QED) is 0.357. The lowest BCUT2D eigenvalue weighted by Gasteiger charge is -2.32. The van der Waals surface area contributed by atoms with Gasteiger partial charge in [-0.2, -0.15) is 26.3 Å². The highest BCUT2D eigenvalue weighted by Crippen LogP contribution is 2.40. The maximum atomic E-state index is 13.6. The van der Waals surface area contributed by atoms with Gasteiger partial charge in [-0.15, -0.1) is 0 Å². The predicted molar refractivity (Wildman–Crippen MR) is 117 cm³/mol. The van der Waals surface area contributed by atoms with Crippen molar-refractivity contribution >= 4 is 11.6 Å². The summed E-state index contributed by atoms with van der Waals surface area (Å²) in [5.74, 6) is -1.22. The van der Waals surface area contributed by atoms with Crippen LogP contribution in [0.2, 0.25) is 0 Å².